The van der Waals surface area contributed by atoms with Crippen LogP contribution < -0.4 is 10.1 Å². The molecule has 1 heterocycles. The molecule has 5 heteroatoms. The van der Waals surface area contributed by atoms with Gasteiger partial charge in [-0.15, -0.1) is 11.8 Å². The van der Waals surface area contributed by atoms with Crippen molar-refractivity contribution in [2.24, 2.45) is 0 Å². The van der Waals surface area contributed by atoms with Crippen LogP contribution in [-0.4, -0.2) is 39.0 Å². The lowest BCUT2D eigenvalue weighted by atomic mass is 9.74. The fraction of sp³-hybridized carbons (Fsp3) is 0.381. The molecule has 0 bridgehead atoms. The first kappa shape index (κ1) is 18.8. The van der Waals surface area contributed by atoms with E-state index in [4.69, 9.17) is 9.47 Å². The molecular formula is C21H25NO3S. The van der Waals surface area contributed by atoms with Gasteiger partial charge in [0.25, 0.3) is 5.91 Å². The lowest BCUT2D eigenvalue weighted by Crippen LogP contribution is -2.44. The highest BCUT2D eigenvalue weighted by atomic mass is 32.2. The largest absolute Gasteiger partial charge is 0.497 e. The van der Waals surface area contributed by atoms with E-state index in [-0.39, 0.29) is 11.3 Å². The van der Waals surface area contributed by atoms with E-state index in [0.29, 0.717) is 19.8 Å². The molecule has 4 nitrogen and oxygen atoms in total. The van der Waals surface area contributed by atoms with Crippen molar-refractivity contribution >= 4 is 17.7 Å². The average molecular weight is 372 g/mol. The highest BCUT2D eigenvalue weighted by molar-refractivity contribution is 7.98. The van der Waals surface area contributed by atoms with E-state index in [9.17, 15) is 4.79 Å². The zero-order valence-electron chi connectivity index (χ0n) is 15.3. The second-order valence-corrected chi connectivity index (χ2v) is 7.35. The van der Waals surface area contributed by atoms with Crippen molar-refractivity contribution < 1.29 is 14.3 Å². The minimum atomic E-state index is -0.103. The first-order chi connectivity index (χ1) is 12.7. The van der Waals surface area contributed by atoms with Gasteiger partial charge in [-0.05, 0) is 48.9 Å². The lowest BCUT2D eigenvalue weighted by Gasteiger charge is -2.38. The van der Waals surface area contributed by atoms with Crippen molar-refractivity contribution in [2.45, 2.75) is 23.2 Å². The van der Waals surface area contributed by atoms with Gasteiger partial charge in [0.1, 0.15) is 5.75 Å². The molecule has 3 rings (SSSR count). The molecule has 0 aliphatic carbocycles. The first-order valence-electron chi connectivity index (χ1n) is 8.82. The Balaban J connectivity index is 1.79. The van der Waals surface area contributed by atoms with E-state index in [2.05, 4.69) is 17.4 Å². The number of nitrogens with one attached hydrogen (secondary N) is 1. The number of rotatable bonds is 6. The summed E-state index contributed by atoms with van der Waals surface area (Å²) in [6.07, 6.45) is 3.77. The Bertz CT molecular complexity index is 739. The SMILES string of the molecule is COc1ccc(C2(CNC(=O)c3ccccc3SC)CCOCC2)cc1. The van der Waals surface area contributed by atoms with Crippen LogP contribution in [0.2, 0.25) is 0 Å². The van der Waals surface area contributed by atoms with Crippen molar-refractivity contribution in [1.29, 1.82) is 0 Å². The van der Waals surface area contributed by atoms with Crippen LogP contribution in [0.15, 0.2) is 53.4 Å². The Hall–Kier alpha value is -1.98. The Morgan fingerprint density at radius 2 is 1.85 bits per heavy atom. The molecule has 1 aliphatic rings. The Labute approximate surface area is 159 Å². The number of carbonyl (C=O) groups is 1. The maximum Gasteiger partial charge on any atom is 0.252 e. The number of benzene rings is 2. The van der Waals surface area contributed by atoms with Gasteiger partial charge >= 0.3 is 0 Å². The molecule has 2 aromatic carbocycles. The molecule has 1 fully saturated rings. The highest BCUT2D eigenvalue weighted by Crippen LogP contribution is 2.35. The fourth-order valence-electron chi connectivity index (χ4n) is 3.45. The van der Waals surface area contributed by atoms with E-state index in [1.165, 1.54) is 5.56 Å². The number of hydrogen-bond acceptors (Lipinski definition) is 4. The topological polar surface area (TPSA) is 47.6 Å². The molecule has 1 N–H and O–H groups in total. The monoisotopic (exact) mass is 371 g/mol. The van der Waals surface area contributed by atoms with Crippen LogP contribution in [0.4, 0.5) is 0 Å². The first-order valence-corrected chi connectivity index (χ1v) is 10.0. The minimum Gasteiger partial charge on any atom is -0.497 e. The van der Waals surface area contributed by atoms with Gasteiger partial charge in [-0.1, -0.05) is 24.3 Å². The molecule has 0 radical (unpaired) electrons. The van der Waals surface area contributed by atoms with Crippen LogP contribution in [0.1, 0.15) is 28.8 Å². The number of amides is 1. The van der Waals surface area contributed by atoms with Gasteiger partial charge in [0.2, 0.25) is 0 Å². The van der Waals surface area contributed by atoms with Gasteiger partial charge in [-0.3, -0.25) is 4.79 Å². The van der Waals surface area contributed by atoms with Crippen LogP contribution in [0.25, 0.3) is 0 Å². The molecule has 1 amide bonds. The summed E-state index contributed by atoms with van der Waals surface area (Å²) in [5.41, 5.74) is 1.85. The molecule has 0 spiro atoms. The fourth-order valence-corrected chi connectivity index (χ4v) is 4.05. The zero-order valence-corrected chi connectivity index (χ0v) is 16.1. The minimum absolute atomic E-state index is 0.0191. The van der Waals surface area contributed by atoms with Gasteiger partial charge < -0.3 is 14.8 Å². The lowest BCUT2D eigenvalue weighted by molar-refractivity contribution is 0.0487. The molecule has 26 heavy (non-hydrogen) atoms. The zero-order chi connectivity index (χ0) is 18.4. The summed E-state index contributed by atoms with van der Waals surface area (Å²) < 4.78 is 10.9. The van der Waals surface area contributed by atoms with E-state index in [1.54, 1.807) is 18.9 Å². The van der Waals surface area contributed by atoms with Crippen molar-refractivity contribution in [3.63, 3.8) is 0 Å². The van der Waals surface area contributed by atoms with Gasteiger partial charge in [-0.25, -0.2) is 0 Å². The van der Waals surface area contributed by atoms with E-state index >= 15 is 0 Å². The van der Waals surface area contributed by atoms with Crippen LogP contribution in [0.3, 0.4) is 0 Å². The molecule has 138 valence electrons. The number of methoxy groups -OCH3 is 1. The smallest absolute Gasteiger partial charge is 0.252 e. The van der Waals surface area contributed by atoms with E-state index in [0.717, 1.165) is 29.1 Å². The van der Waals surface area contributed by atoms with Crippen molar-refractivity contribution in [3.05, 3.63) is 59.7 Å². The summed E-state index contributed by atoms with van der Waals surface area (Å²) in [6, 6.07) is 15.9. The predicted molar refractivity (Wildman–Crippen MR) is 105 cm³/mol. The van der Waals surface area contributed by atoms with Crippen molar-refractivity contribution in [1.82, 2.24) is 5.32 Å². The average Bonchev–Trinajstić information content (AvgIpc) is 2.72. The number of hydrogen-bond donors (Lipinski definition) is 1. The quantitative estimate of drug-likeness (QED) is 0.783. The summed E-state index contributed by atoms with van der Waals surface area (Å²) in [5, 5.41) is 3.17. The predicted octanol–water partition coefficient (Wildman–Crippen LogP) is 3.90. The van der Waals surface area contributed by atoms with Crippen LogP contribution in [0.5, 0.6) is 5.75 Å². The molecule has 0 atom stereocenters. The summed E-state index contributed by atoms with van der Waals surface area (Å²) >= 11 is 1.59. The van der Waals surface area contributed by atoms with Gasteiger partial charge in [0.15, 0.2) is 0 Å². The summed E-state index contributed by atoms with van der Waals surface area (Å²) in [6.45, 7) is 2.02. The maximum atomic E-state index is 12.8. The van der Waals surface area contributed by atoms with E-state index < -0.39 is 0 Å². The van der Waals surface area contributed by atoms with Crippen molar-refractivity contribution in [2.75, 3.05) is 33.1 Å². The molecule has 1 saturated heterocycles. The molecule has 0 saturated carbocycles. The second kappa shape index (κ2) is 8.60. The second-order valence-electron chi connectivity index (χ2n) is 6.50. The van der Waals surface area contributed by atoms with Gasteiger partial charge in [0.05, 0.1) is 12.7 Å². The van der Waals surface area contributed by atoms with Gasteiger partial charge in [0, 0.05) is 30.1 Å². The van der Waals surface area contributed by atoms with E-state index in [1.807, 2.05) is 42.7 Å². The summed E-state index contributed by atoms with van der Waals surface area (Å²) in [7, 11) is 1.67. The number of thioether (sulfide) groups is 1. The highest BCUT2D eigenvalue weighted by Gasteiger charge is 2.35. The third-order valence-electron chi connectivity index (χ3n) is 5.09. The summed E-state index contributed by atoms with van der Waals surface area (Å²) in [5.74, 6) is 0.822. The van der Waals surface area contributed by atoms with Crippen LogP contribution in [-0.2, 0) is 10.2 Å². The molecule has 0 aromatic heterocycles. The normalized spacial score (nSPS) is 16.1. The molecular weight excluding hydrogens is 346 g/mol. The third kappa shape index (κ3) is 4.05. The number of ether oxygens (including phenoxy) is 2. The molecule has 0 unspecified atom stereocenters. The molecule has 2 aromatic rings. The summed E-state index contributed by atoms with van der Waals surface area (Å²) in [4.78, 5) is 13.8. The number of carbonyl (C=O) groups excluding carboxylic acids is 1. The standard InChI is InChI=1S/C21H25NO3S/c1-24-17-9-7-16(8-10-17)21(11-13-25-14-12-21)15-22-20(23)18-5-3-4-6-19(18)26-2/h3-10H,11-15H2,1-2H3,(H,22,23). The van der Waals surface area contributed by atoms with Crippen molar-refractivity contribution in [3.8, 4) is 5.75 Å². The maximum absolute atomic E-state index is 12.8. The van der Waals surface area contributed by atoms with Gasteiger partial charge in [-0.2, -0.15) is 0 Å². The third-order valence-corrected chi connectivity index (χ3v) is 5.89. The Kier molecular flexibility index (Phi) is 6.22. The van der Waals surface area contributed by atoms with Crippen LogP contribution in [0, 0.1) is 0 Å². The Morgan fingerprint density at radius 1 is 1.15 bits per heavy atom. The molecule has 1 aliphatic heterocycles. The van der Waals surface area contributed by atoms with Crippen LogP contribution >= 0.6 is 11.8 Å². The Morgan fingerprint density at radius 3 is 2.50 bits per heavy atom.